The Balaban J connectivity index is 1.97. The van der Waals surface area contributed by atoms with E-state index < -0.39 is 0 Å². The third-order valence-electron chi connectivity index (χ3n) is 3.81. The van der Waals surface area contributed by atoms with Crippen LogP contribution in [0.1, 0.15) is 27.8 Å². The van der Waals surface area contributed by atoms with Crippen molar-refractivity contribution in [2.75, 3.05) is 12.4 Å². The quantitative estimate of drug-likeness (QED) is 0.858. The van der Waals surface area contributed by atoms with Crippen LogP contribution >= 0.6 is 0 Å². The SMILES string of the molecule is CNc1cccc(CNCc2cc(C)c(C)cc2C)c1. The molecule has 0 aromatic heterocycles. The number of benzene rings is 2. The van der Waals surface area contributed by atoms with E-state index in [1.165, 1.54) is 27.8 Å². The Morgan fingerprint density at radius 1 is 0.850 bits per heavy atom. The zero-order valence-electron chi connectivity index (χ0n) is 12.9. The summed E-state index contributed by atoms with van der Waals surface area (Å²) in [5, 5.41) is 6.70. The first-order valence-electron chi connectivity index (χ1n) is 7.14. The molecule has 0 saturated heterocycles. The number of anilines is 1. The molecule has 0 radical (unpaired) electrons. The van der Waals surface area contributed by atoms with Gasteiger partial charge in [-0.25, -0.2) is 0 Å². The van der Waals surface area contributed by atoms with Gasteiger partial charge in [0.05, 0.1) is 0 Å². The number of hydrogen-bond acceptors (Lipinski definition) is 2. The second-order valence-electron chi connectivity index (χ2n) is 5.42. The molecule has 2 N–H and O–H groups in total. The van der Waals surface area contributed by atoms with Gasteiger partial charge in [-0.05, 0) is 60.7 Å². The lowest BCUT2D eigenvalue weighted by Crippen LogP contribution is -2.14. The van der Waals surface area contributed by atoms with Gasteiger partial charge in [0.2, 0.25) is 0 Å². The molecule has 0 saturated carbocycles. The van der Waals surface area contributed by atoms with Crippen molar-refractivity contribution in [3.63, 3.8) is 0 Å². The summed E-state index contributed by atoms with van der Waals surface area (Å²) in [5.41, 5.74) is 7.95. The summed E-state index contributed by atoms with van der Waals surface area (Å²) in [4.78, 5) is 0. The monoisotopic (exact) mass is 268 g/mol. The molecule has 0 aliphatic rings. The Bertz CT molecular complexity index is 588. The maximum absolute atomic E-state index is 3.53. The van der Waals surface area contributed by atoms with E-state index in [1.54, 1.807) is 0 Å². The Labute approximate surface area is 122 Å². The molecule has 0 spiro atoms. The molecule has 0 unspecified atom stereocenters. The molecule has 0 aliphatic heterocycles. The second-order valence-corrected chi connectivity index (χ2v) is 5.42. The fourth-order valence-electron chi connectivity index (χ4n) is 2.39. The molecule has 2 nitrogen and oxygen atoms in total. The van der Waals surface area contributed by atoms with Crippen LogP contribution in [-0.4, -0.2) is 7.05 Å². The molecule has 0 fully saturated rings. The van der Waals surface area contributed by atoms with Crippen LogP contribution in [0.5, 0.6) is 0 Å². The number of hydrogen-bond donors (Lipinski definition) is 2. The predicted octanol–water partition coefficient (Wildman–Crippen LogP) is 3.94. The van der Waals surface area contributed by atoms with E-state index in [9.17, 15) is 0 Å². The molecule has 0 bridgehead atoms. The molecule has 0 atom stereocenters. The minimum Gasteiger partial charge on any atom is -0.388 e. The Hall–Kier alpha value is -1.80. The van der Waals surface area contributed by atoms with Gasteiger partial charge in [-0.3, -0.25) is 0 Å². The Morgan fingerprint density at radius 3 is 2.35 bits per heavy atom. The van der Waals surface area contributed by atoms with Crippen molar-refractivity contribution in [1.29, 1.82) is 0 Å². The van der Waals surface area contributed by atoms with Crippen molar-refractivity contribution < 1.29 is 0 Å². The van der Waals surface area contributed by atoms with E-state index in [1.807, 2.05) is 7.05 Å². The topological polar surface area (TPSA) is 24.1 Å². The first-order chi connectivity index (χ1) is 9.60. The second kappa shape index (κ2) is 6.58. The number of aryl methyl sites for hydroxylation is 3. The van der Waals surface area contributed by atoms with Gasteiger partial charge >= 0.3 is 0 Å². The van der Waals surface area contributed by atoms with Gasteiger partial charge in [0.15, 0.2) is 0 Å². The lowest BCUT2D eigenvalue weighted by atomic mass is 10.0. The first-order valence-corrected chi connectivity index (χ1v) is 7.14. The third kappa shape index (κ3) is 3.61. The summed E-state index contributed by atoms with van der Waals surface area (Å²) < 4.78 is 0. The molecule has 2 rings (SSSR count). The molecule has 0 amide bonds. The minimum atomic E-state index is 0.891. The van der Waals surface area contributed by atoms with Crippen LogP contribution in [0.2, 0.25) is 0 Å². The number of nitrogens with one attached hydrogen (secondary N) is 2. The summed E-state index contributed by atoms with van der Waals surface area (Å²) >= 11 is 0. The van der Waals surface area contributed by atoms with Crippen LogP contribution in [0, 0.1) is 20.8 Å². The van der Waals surface area contributed by atoms with Crippen molar-refractivity contribution >= 4 is 5.69 Å². The van der Waals surface area contributed by atoms with Crippen LogP contribution in [0.3, 0.4) is 0 Å². The highest BCUT2D eigenvalue weighted by Crippen LogP contribution is 2.15. The van der Waals surface area contributed by atoms with E-state index in [0.717, 1.165) is 18.8 Å². The Morgan fingerprint density at radius 2 is 1.60 bits per heavy atom. The van der Waals surface area contributed by atoms with Crippen LogP contribution in [-0.2, 0) is 13.1 Å². The standard InChI is InChI=1S/C18H24N2/c1-13-8-15(3)17(9-14(13)2)12-20-11-16-6-5-7-18(10-16)19-4/h5-10,19-20H,11-12H2,1-4H3. The van der Waals surface area contributed by atoms with Crippen molar-refractivity contribution in [3.05, 3.63) is 64.2 Å². The van der Waals surface area contributed by atoms with Gasteiger partial charge in [-0.2, -0.15) is 0 Å². The average Bonchev–Trinajstić information content (AvgIpc) is 2.44. The zero-order chi connectivity index (χ0) is 14.5. The van der Waals surface area contributed by atoms with Crippen LogP contribution in [0.15, 0.2) is 36.4 Å². The molecule has 0 aliphatic carbocycles. The van der Waals surface area contributed by atoms with Crippen LogP contribution in [0.25, 0.3) is 0 Å². The first kappa shape index (κ1) is 14.6. The van der Waals surface area contributed by atoms with Crippen molar-refractivity contribution in [3.8, 4) is 0 Å². The molecule has 2 heteroatoms. The maximum atomic E-state index is 3.53. The highest BCUT2D eigenvalue weighted by molar-refractivity contribution is 5.45. The van der Waals surface area contributed by atoms with Crippen molar-refractivity contribution in [2.45, 2.75) is 33.9 Å². The normalized spacial score (nSPS) is 10.6. The fourth-order valence-corrected chi connectivity index (χ4v) is 2.39. The highest BCUT2D eigenvalue weighted by Gasteiger charge is 2.02. The van der Waals surface area contributed by atoms with E-state index in [0.29, 0.717) is 0 Å². The summed E-state index contributed by atoms with van der Waals surface area (Å²) in [6, 6.07) is 13.1. The predicted molar refractivity (Wildman–Crippen MR) is 87.2 cm³/mol. The molecule has 20 heavy (non-hydrogen) atoms. The van der Waals surface area contributed by atoms with E-state index in [-0.39, 0.29) is 0 Å². The van der Waals surface area contributed by atoms with Crippen molar-refractivity contribution in [1.82, 2.24) is 5.32 Å². The highest BCUT2D eigenvalue weighted by atomic mass is 14.9. The van der Waals surface area contributed by atoms with Gasteiger partial charge in [-0.1, -0.05) is 24.3 Å². The molecule has 2 aromatic rings. The lowest BCUT2D eigenvalue weighted by Gasteiger charge is -2.11. The lowest BCUT2D eigenvalue weighted by molar-refractivity contribution is 0.690. The Kier molecular flexibility index (Phi) is 4.80. The minimum absolute atomic E-state index is 0.891. The summed E-state index contributed by atoms with van der Waals surface area (Å²) in [7, 11) is 1.95. The van der Waals surface area contributed by atoms with Gasteiger partial charge < -0.3 is 10.6 Å². The van der Waals surface area contributed by atoms with Gasteiger partial charge in [-0.15, -0.1) is 0 Å². The van der Waals surface area contributed by atoms with E-state index >= 15 is 0 Å². The summed E-state index contributed by atoms with van der Waals surface area (Å²) in [5.74, 6) is 0. The zero-order valence-corrected chi connectivity index (χ0v) is 12.9. The average molecular weight is 268 g/mol. The van der Waals surface area contributed by atoms with Gasteiger partial charge in [0.25, 0.3) is 0 Å². The summed E-state index contributed by atoms with van der Waals surface area (Å²) in [6.45, 7) is 8.33. The largest absolute Gasteiger partial charge is 0.388 e. The summed E-state index contributed by atoms with van der Waals surface area (Å²) in [6.07, 6.45) is 0. The molecule has 2 aromatic carbocycles. The smallest absolute Gasteiger partial charge is 0.0340 e. The van der Waals surface area contributed by atoms with Crippen LogP contribution < -0.4 is 10.6 Å². The van der Waals surface area contributed by atoms with Gasteiger partial charge in [0, 0.05) is 25.8 Å². The van der Waals surface area contributed by atoms with Crippen LogP contribution in [0.4, 0.5) is 5.69 Å². The maximum Gasteiger partial charge on any atom is 0.0340 e. The number of rotatable bonds is 5. The van der Waals surface area contributed by atoms with Gasteiger partial charge in [0.1, 0.15) is 0 Å². The molecule has 0 heterocycles. The van der Waals surface area contributed by atoms with E-state index in [4.69, 9.17) is 0 Å². The van der Waals surface area contributed by atoms with E-state index in [2.05, 4.69) is 67.8 Å². The fraction of sp³-hybridized carbons (Fsp3) is 0.333. The molecular weight excluding hydrogens is 244 g/mol. The molecular formula is C18H24N2. The van der Waals surface area contributed by atoms with Crippen molar-refractivity contribution in [2.24, 2.45) is 0 Å². The third-order valence-corrected chi connectivity index (χ3v) is 3.81. The molecule has 106 valence electrons.